The number of carbonyl (C=O) groups is 2. The number of piperidine rings is 1. The Morgan fingerprint density at radius 1 is 0.977 bits per heavy atom. The van der Waals surface area contributed by atoms with Gasteiger partial charge in [0.25, 0.3) is 5.91 Å². The third-order valence-corrected chi connectivity index (χ3v) is 7.75. The first-order valence-electron chi connectivity index (χ1n) is 16.7. The molecule has 250 valence electrons. The Morgan fingerprint density at radius 2 is 1.52 bits per heavy atom. The van der Waals surface area contributed by atoms with E-state index in [-0.39, 0.29) is 30.0 Å². The minimum atomic E-state index is -0.318. The molecule has 1 aromatic rings. The molecule has 1 heterocycles. The fourth-order valence-corrected chi connectivity index (χ4v) is 4.47. The lowest BCUT2D eigenvalue weighted by atomic mass is 10.1. The number of nitrogens with two attached hydrogens (primary N) is 1. The van der Waals surface area contributed by atoms with E-state index < -0.39 is 0 Å². The maximum atomic E-state index is 12.4. The van der Waals surface area contributed by atoms with Crippen molar-refractivity contribution in [3.8, 4) is 12.8 Å². The topological polar surface area (TPSA) is 96.0 Å². The molecular formula is C38H65N3O3. The second kappa shape index (κ2) is 26.5. The molecule has 0 bridgehead atoms. The summed E-state index contributed by atoms with van der Waals surface area (Å²) in [7, 11) is 0. The normalized spacial score (nSPS) is 16.3. The SMILES string of the molecule is C#C.CC(=O)CN=C1CCC/C1=C(/N)C(=O)N1CCC(O)CC1.CCCC.CCCCCC(C)C.Cc1cccc(C)c1C. The number of allylic oxidation sites excluding steroid dienone is 1. The number of carbonyl (C=O) groups excluding carboxylic acids is 2. The highest BCUT2D eigenvalue weighted by Crippen LogP contribution is 2.25. The average molecular weight is 612 g/mol. The first kappa shape index (κ1) is 43.2. The predicted molar refractivity (Wildman–Crippen MR) is 190 cm³/mol. The van der Waals surface area contributed by atoms with Gasteiger partial charge >= 0.3 is 0 Å². The van der Waals surface area contributed by atoms with Gasteiger partial charge in [-0.1, -0.05) is 91.3 Å². The number of Topliss-reactive ketones (excluding diaryl/α,β-unsaturated/α-hetero) is 1. The molecule has 1 amide bonds. The van der Waals surface area contributed by atoms with Gasteiger partial charge in [-0.25, -0.2) is 0 Å². The second-order valence-corrected chi connectivity index (χ2v) is 12.1. The van der Waals surface area contributed by atoms with E-state index in [1.54, 1.807) is 4.90 Å². The van der Waals surface area contributed by atoms with Crippen molar-refractivity contribution in [2.75, 3.05) is 19.6 Å². The number of nitrogens with zero attached hydrogens (tertiary/aromatic N) is 2. The molecule has 1 saturated heterocycles. The molecule has 1 aliphatic heterocycles. The summed E-state index contributed by atoms with van der Waals surface area (Å²) < 4.78 is 0. The molecule has 3 rings (SSSR count). The number of aliphatic imine (C=N–C) groups is 1. The molecule has 2 aliphatic rings. The highest BCUT2D eigenvalue weighted by atomic mass is 16.3. The summed E-state index contributed by atoms with van der Waals surface area (Å²) in [6, 6.07) is 6.38. The van der Waals surface area contributed by atoms with Crippen LogP contribution in [0.5, 0.6) is 0 Å². The van der Waals surface area contributed by atoms with Crippen LogP contribution in [0.15, 0.2) is 34.5 Å². The molecular weight excluding hydrogens is 546 g/mol. The van der Waals surface area contributed by atoms with Crippen LogP contribution in [0.1, 0.15) is 129 Å². The third-order valence-electron chi connectivity index (χ3n) is 7.75. The monoisotopic (exact) mass is 612 g/mol. The van der Waals surface area contributed by atoms with Crippen LogP contribution in [-0.4, -0.2) is 53.1 Å². The predicted octanol–water partition coefficient (Wildman–Crippen LogP) is 8.29. The average Bonchev–Trinajstić information content (AvgIpc) is 3.49. The molecule has 0 atom stereocenters. The number of amides is 1. The smallest absolute Gasteiger partial charge is 0.270 e. The molecule has 6 nitrogen and oxygen atoms in total. The first-order valence-corrected chi connectivity index (χ1v) is 16.7. The minimum Gasteiger partial charge on any atom is -0.394 e. The van der Waals surface area contributed by atoms with Crippen LogP contribution in [0.3, 0.4) is 0 Å². The number of hydrogen-bond acceptors (Lipinski definition) is 5. The molecule has 0 unspecified atom stereocenters. The van der Waals surface area contributed by atoms with Gasteiger partial charge in [0.05, 0.1) is 12.6 Å². The second-order valence-electron chi connectivity index (χ2n) is 12.1. The summed E-state index contributed by atoms with van der Waals surface area (Å²) in [6.07, 6.45) is 19.5. The van der Waals surface area contributed by atoms with Crippen molar-refractivity contribution in [3.05, 3.63) is 46.2 Å². The molecule has 0 aromatic heterocycles. The number of hydrogen-bond donors (Lipinski definition) is 2. The quantitative estimate of drug-likeness (QED) is 0.176. The van der Waals surface area contributed by atoms with E-state index in [0.717, 1.165) is 36.5 Å². The van der Waals surface area contributed by atoms with Crippen molar-refractivity contribution < 1.29 is 14.7 Å². The van der Waals surface area contributed by atoms with Crippen LogP contribution < -0.4 is 5.73 Å². The third kappa shape index (κ3) is 19.4. The molecule has 0 radical (unpaired) electrons. The number of unbranched alkanes of at least 4 members (excludes halogenated alkanes) is 3. The zero-order valence-corrected chi connectivity index (χ0v) is 29.7. The summed E-state index contributed by atoms with van der Waals surface area (Å²) in [5.74, 6) is 0.736. The zero-order valence-electron chi connectivity index (χ0n) is 29.7. The molecule has 2 fully saturated rings. The number of rotatable bonds is 8. The van der Waals surface area contributed by atoms with Crippen LogP contribution in [0.4, 0.5) is 0 Å². The van der Waals surface area contributed by atoms with Crippen LogP contribution in [0.25, 0.3) is 0 Å². The number of aliphatic hydroxyl groups excluding tert-OH is 1. The fraction of sp³-hybridized carbons (Fsp3) is 0.658. The van der Waals surface area contributed by atoms with Crippen molar-refractivity contribution in [2.45, 2.75) is 139 Å². The standard InChI is InChI=1S/C15H23N3O3.C9H12.C8H18.C4H10.C2H2/c1-10(19)9-17-13-4-2-3-12(13)14(16)15(21)18-7-5-11(20)6-8-18;1-7-5-4-6-8(2)9(7)3;1-4-5-6-7-8(2)3;1-3-4-2;1-2/h11,20H,2-9,16H2,1H3;4-6H,1-3H3;8H,4-7H2,1-3H3;3-4H2,1-2H3;1-2H/b14-12-,17-13?;;;;. The molecule has 0 spiro atoms. The maximum Gasteiger partial charge on any atom is 0.270 e. The Morgan fingerprint density at radius 3 is 1.95 bits per heavy atom. The van der Waals surface area contributed by atoms with Crippen LogP contribution in [-0.2, 0) is 9.59 Å². The first-order chi connectivity index (χ1) is 20.9. The van der Waals surface area contributed by atoms with E-state index in [4.69, 9.17) is 5.73 Å². The van der Waals surface area contributed by atoms with Gasteiger partial charge < -0.3 is 15.7 Å². The molecule has 1 aromatic carbocycles. The van der Waals surface area contributed by atoms with Gasteiger partial charge in [-0.15, -0.1) is 12.8 Å². The molecule has 1 aliphatic carbocycles. The summed E-state index contributed by atoms with van der Waals surface area (Å²) in [6.45, 7) is 20.3. The van der Waals surface area contributed by atoms with Crippen molar-refractivity contribution in [3.63, 3.8) is 0 Å². The molecule has 1 saturated carbocycles. The summed E-state index contributed by atoms with van der Waals surface area (Å²) >= 11 is 0. The van der Waals surface area contributed by atoms with Crippen LogP contribution >= 0.6 is 0 Å². The Bertz CT molecular complexity index is 993. The number of aliphatic hydroxyl groups is 1. The summed E-state index contributed by atoms with van der Waals surface area (Å²) in [5.41, 5.74) is 12.1. The van der Waals surface area contributed by atoms with Crippen LogP contribution in [0.2, 0.25) is 0 Å². The van der Waals surface area contributed by atoms with Crippen molar-refractivity contribution in [2.24, 2.45) is 16.6 Å². The fourth-order valence-electron chi connectivity index (χ4n) is 4.47. The van der Waals surface area contributed by atoms with Gasteiger partial charge in [0.1, 0.15) is 5.70 Å². The maximum absolute atomic E-state index is 12.4. The highest BCUT2D eigenvalue weighted by Gasteiger charge is 2.27. The summed E-state index contributed by atoms with van der Waals surface area (Å²) in [4.78, 5) is 29.4. The lowest BCUT2D eigenvalue weighted by molar-refractivity contribution is -0.129. The van der Waals surface area contributed by atoms with Gasteiger partial charge in [-0.05, 0) is 82.4 Å². The lowest BCUT2D eigenvalue weighted by Gasteiger charge is -2.30. The minimum absolute atomic E-state index is 0.00339. The summed E-state index contributed by atoms with van der Waals surface area (Å²) in [5, 5.41) is 9.49. The van der Waals surface area contributed by atoms with Crippen molar-refractivity contribution >= 4 is 17.4 Å². The number of benzene rings is 1. The Labute approximate surface area is 271 Å². The Hall–Kier alpha value is -2.91. The van der Waals surface area contributed by atoms with Gasteiger partial charge in [-0.2, -0.15) is 0 Å². The molecule has 6 heteroatoms. The van der Waals surface area contributed by atoms with E-state index >= 15 is 0 Å². The number of ketones is 1. The van der Waals surface area contributed by atoms with Crippen molar-refractivity contribution in [1.29, 1.82) is 0 Å². The van der Waals surface area contributed by atoms with E-state index in [0.29, 0.717) is 25.9 Å². The molecule has 3 N–H and O–H groups in total. The van der Waals surface area contributed by atoms with Gasteiger partial charge in [0.2, 0.25) is 0 Å². The number of aryl methyl sites for hydroxylation is 2. The van der Waals surface area contributed by atoms with Gasteiger partial charge in [-0.3, -0.25) is 14.6 Å². The molecule has 44 heavy (non-hydrogen) atoms. The van der Waals surface area contributed by atoms with Crippen LogP contribution in [0, 0.1) is 39.5 Å². The van der Waals surface area contributed by atoms with E-state index in [9.17, 15) is 14.7 Å². The van der Waals surface area contributed by atoms with E-state index in [2.05, 4.69) is 91.4 Å². The lowest BCUT2D eigenvalue weighted by Crippen LogP contribution is -2.42. The van der Waals surface area contributed by atoms with Crippen molar-refractivity contribution in [1.82, 2.24) is 4.90 Å². The van der Waals surface area contributed by atoms with E-state index in [1.165, 1.54) is 62.1 Å². The van der Waals surface area contributed by atoms with E-state index in [1.807, 2.05) is 0 Å². The largest absolute Gasteiger partial charge is 0.394 e. The van der Waals surface area contributed by atoms with Gasteiger partial charge in [0, 0.05) is 24.4 Å². The zero-order chi connectivity index (χ0) is 34.1. The number of likely N-dealkylation sites (tertiary alicyclic amines) is 1. The number of terminal acetylenes is 1. The Balaban J connectivity index is 0. The highest BCUT2D eigenvalue weighted by molar-refractivity contribution is 6.09. The van der Waals surface area contributed by atoms with Gasteiger partial charge in [0.15, 0.2) is 5.78 Å². The Kier molecular flexibility index (Phi) is 26.0.